The second-order valence-corrected chi connectivity index (χ2v) is 8.40. The number of nitrogens with zero attached hydrogens (tertiary/aromatic N) is 2. The molecule has 8 nitrogen and oxygen atoms in total. The zero-order valence-electron chi connectivity index (χ0n) is 20.0. The average Bonchev–Trinajstić information content (AvgIpc) is 3.00. The van der Waals surface area contributed by atoms with E-state index >= 15 is 0 Å². The Labute approximate surface area is 209 Å². The van der Waals surface area contributed by atoms with Gasteiger partial charge in [-0.3, -0.25) is 14.4 Å². The lowest BCUT2D eigenvalue weighted by atomic mass is 10.0. The van der Waals surface area contributed by atoms with Crippen LogP contribution < -0.4 is 16.0 Å². The summed E-state index contributed by atoms with van der Waals surface area (Å²) in [5.74, 6) is -1.37. The van der Waals surface area contributed by atoms with Gasteiger partial charge in [0.25, 0.3) is 5.91 Å². The SMILES string of the molecule is CC(=O)OCCN1C(=O)C(NC(=O)[C@@H](N)Cc2ccccc2)N=C(c2ccccc2)c2ccccc21. The molecule has 3 aromatic rings. The Kier molecular flexibility index (Phi) is 7.87. The quantitative estimate of drug-likeness (QED) is 0.477. The molecule has 184 valence electrons. The summed E-state index contributed by atoms with van der Waals surface area (Å²) < 4.78 is 5.10. The monoisotopic (exact) mass is 484 g/mol. The van der Waals surface area contributed by atoms with E-state index < -0.39 is 30.0 Å². The van der Waals surface area contributed by atoms with Crippen molar-refractivity contribution in [2.45, 2.75) is 25.6 Å². The number of hydrogen-bond donors (Lipinski definition) is 2. The molecule has 1 aliphatic rings. The molecule has 0 aromatic heterocycles. The fourth-order valence-corrected chi connectivity index (χ4v) is 4.06. The van der Waals surface area contributed by atoms with Crippen molar-refractivity contribution in [3.63, 3.8) is 0 Å². The van der Waals surface area contributed by atoms with Crippen LogP contribution in [0.5, 0.6) is 0 Å². The van der Waals surface area contributed by atoms with Crippen molar-refractivity contribution < 1.29 is 19.1 Å². The number of nitrogens with two attached hydrogens (primary N) is 1. The number of hydrogen-bond acceptors (Lipinski definition) is 6. The van der Waals surface area contributed by atoms with E-state index in [2.05, 4.69) is 5.32 Å². The van der Waals surface area contributed by atoms with Gasteiger partial charge in [0, 0.05) is 18.1 Å². The number of amides is 2. The highest BCUT2D eigenvalue weighted by molar-refractivity contribution is 6.20. The van der Waals surface area contributed by atoms with Crippen LogP contribution in [-0.4, -0.2) is 48.9 Å². The number of carbonyl (C=O) groups is 3. The Morgan fingerprint density at radius 2 is 1.64 bits per heavy atom. The maximum absolute atomic E-state index is 13.7. The van der Waals surface area contributed by atoms with Crippen molar-refractivity contribution in [2.24, 2.45) is 10.7 Å². The summed E-state index contributed by atoms with van der Waals surface area (Å²) in [5.41, 5.74) is 9.80. The van der Waals surface area contributed by atoms with Crippen molar-refractivity contribution in [2.75, 3.05) is 18.1 Å². The first kappa shape index (κ1) is 24.8. The van der Waals surface area contributed by atoms with Gasteiger partial charge in [-0.05, 0) is 18.1 Å². The van der Waals surface area contributed by atoms with Crippen LogP contribution in [0.3, 0.4) is 0 Å². The lowest BCUT2D eigenvalue weighted by molar-refractivity contribution is -0.141. The predicted octanol–water partition coefficient (Wildman–Crippen LogP) is 2.45. The van der Waals surface area contributed by atoms with Crippen LogP contribution in [0.4, 0.5) is 5.69 Å². The van der Waals surface area contributed by atoms with Gasteiger partial charge in [0.15, 0.2) is 0 Å². The molecule has 2 atom stereocenters. The lowest BCUT2D eigenvalue weighted by Gasteiger charge is -2.25. The van der Waals surface area contributed by atoms with Gasteiger partial charge in [0.1, 0.15) is 6.61 Å². The van der Waals surface area contributed by atoms with Gasteiger partial charge in [0.05, 0.1) is 24.0 Å². The minimum atomic E-state index is -1.21. The van der Waals surface area contributed by atoms with Crippen molar-refractivity contribution in [1.82, 2.24) is 5.32 Å². The van der Waals surface area contributed by atoms with Gasteiger partial charge in [-0.15, -0.1) is 0 Å². The highest BCUT2D eigenvalue weighted by Gasteiger charge is 2.33. The molecule has 0 radical (unpaired) electrons. The standard InChI is InChI=1S/C28H28N4O4/c1-19(33)36-17-16-32-24-15-9-8-14-22(24)25(21-12-6-3-7-13-21)30-26(28(32)35)31-27(34)23(29)18-20-10-4-2-5-11-20/h2-15,23,26H,16-18,29H2,1H3,(H,31,34)/t23-,26?/m0/s1. The number of esters is 1. The first-order valence-corrected chi connectivity index (χ1v) is 11.7. The minimum absolute atomic E-state index is 0.00423. The van der Waals surface area contributed by atoms with Crippen molar-refractivity contribution in [3.05, 3.63) is 102 Å². The van der Waals surface area contributed by atoms with Crippen LogP contribution in [0.25, 0.3) is 0 Å². The summed E-state index contributed by atoms with van der Waals surface area (Å²) in [6, 6.07) is 25.4. The number of benzene rings is 3. The van der Waals surface area contributed by atoms with Crippen LogP contribution in [0.15, 0.2) is 89.9 Å². The highest BCUT2D eigenvalue weighted by atomic mass is 16.5. The zero-order chi connectivity index (χ0) is 25.5. The molecule has 0 spiro atoms. The van der Waals surface area contributed by atoms with Gasteiger partial charge >= 0.3 is 5.97 Å². The van der Waals surface area contributed by atoms with Crippen molar-refractivity contribution in [1.29, 1.82) is 0 Å². The smallest absolute Gasteiger partial charge is 0.302 e. The second-order valence-electron chi connectivity index (χ2n) is 8.40. The van der Waals surface area contributed by atoms with E-state index in [1.807, 2.05) is 84.9 Å². The molecule has 0 aliphatic carbocycles. The van der Waals surface area contributed by atoms with Crippen molar-refractivity contribution >= 4 is 29.2 Å². The summed E-state index contributed by atoms with van der Waals surface area (Å²) in [6.45, 7) is 1.42. The molecule has 4 rings (SSSR count). The van der Waals surface area contributed by atoms with E-state index in [-0.39, 0.29) is 13.2 Å². The summed E-state index contributed by atoms with van der Waals surface area (Å²) in [6.07, 6.45) is -0.890. The van der Waals surface area contributed by atoms with Gasteiger partial charge < -0.3 is 20.7 Å². The highest BCUT2D eigenvalue weighted by Crippen LogP contribution is 2.28. The molecular weight excluding hydrogens is 456 g/mol. The fourth-order valence-electron chi connectivity index (χ4n) is 4.06. The van der Waals surface area contributed by atoms with Crippen LogP contribution in [0.1, 0.15) is 23.6 Å². The number of fused-ring (bicyclic) bond motifs is 1. The van der Waals surface area contributed by atoms with E-state index in [9.17, 15) is 14.4 Å². The third-order valence-corrected chi connectivity index (χ3v) is 5.79. The maximum atomic E-state index is 13.7. The molecular formula is C28H28N4O4. The molecule has 0 bridgehead atoms. The lowest BCUT2D eigenvalue weighted by Crippen LogP contribution is -2.52. The van der Waals surface area contributed by atoms with Crippen LogP contribution in [-0.2, 0) is 25.5 Å². The third-order valence-electron chi connectivity index (χ3n) is 5.79. The van der Waals surface area contributed by atoms with E-state index in [0.29, 0.717) is 17.8 Å². The number of benzodiazepines with no additional fused rings is 1. The fraction of sp³-hybridized carbons (Fsp3) is 0.214. The molecule has 0 saturated heterocycles. The molecule has 36 heavy (non-hydrogen) atoms. The van der Waals surface area contributed by atoms with E-state index in [4.69, 9.17) is 15.5 Å². The average molecular weight is 485 g/mol. The van der Waals surface area contributed by atoms with E-state index in [1.165, 1.54) is 11.8 Å². The first-order chi connectivity index (χ1) is 17.4. The summed E-state index contributed by atoms with van der Waals surface area (Å²) in [4.78, 5) is 44.3. The van der Waals surface area contributed by atoms with Gasteiger partial charge in [-0.25, -0.2) is 4.99 Å². The maximum Gasteiger partial charge on any atom is 0.302 e. The van der Waals surface area contributed by atoms with Gasteiger partial charge in [-0.1, -0.05) is 78.9 Å². The Hall–Kier alpha value is -4.30. The Morgan fingerprint density at radius 3 is 2.33 bits per heavy atom. The van der Waals surface area contributed by atoms with Crippen LogP contribution >= 0.6 is 0 Å². The summed E-state index contributed by atoms with van der Waals surface area (Å²) >= 11 is 0. The molecule has 0 saturated carbocycles. The summed E-state index contributed by atoms with van der Waals surface area (Å²) in [5, 5.41) is 2.74. The molecule has 3 N–H and O–H groups in total. The summed E-state index contributed by atoms with van der Waals surface area (Å²) in [7, 11) is 0. The molecule has 1 unspecified atom stereocenters. The molecule has 3 aromatic carbocycles. The van der Waals surface area contributed by atoms with Gasteiger partial charge in [0.2, 0.25) is 12.1 Å². The van der Waals surface area contributed by atoms with Crippen LogP contribution in [0.2, 0.25) is 0 Å². The third kappa shape index (κ3) is 5.84. The number of nitrogens with one attached hydrogen (secondary N) is 1. The Bertz CT molecular complexity index is 1260. The largest absolute Gasteiger partial charge is 0.464 e. The van der Waals surface area contributed by atoms with E-state index in [1.54, 1.807) is 0 Å². The van der Waals surface area contributed by atoms with Crippen LogP contribution in [0, 0.1) is 0 Å². The zero-order valence-corrected chi connectivity index (χ0v) is 20.0. The minimum Gasteiger partial charge on any atom is -0.464 e. The number of ether oxygens (including phenoxy) is 1. The number of anilines is 1. The number of para-hydroxylation sites is 1. The molecule has 1 heterocycles. The predicted molar refractivity (Wildman–Crippen MR) is 138 cm³/mol. The molecule has 0 fully saturated rings. The molecule has 8 heteroatoms. The molecule has 2 amide bonds. The number of rotatable bonds is 8. The Balaban J connectivity index is 1.68. The van der Waals surface area contributed by atoms with E-state index in [0.717, 1.165) is 16.7 Å². The number of carbonyl (C=O) groups excluding carboxylic acids is 3. The second kappa shape index (κ2) is 11.4. The molecule has 1 aliphatic heterocycles. The Morgan fingerprint density at radius 1 is 1.00 bits per heavy atom. The normalized spacial score (nSPS) is 15.8. The van der Waals surface area contributed by atoms with Gasteiger partial charge in [-0.2, -0.15) is 0 Å². The van der Waals surface area contributed by atoms with Crippen molar-refractivity contribution in [3.8, 4) is 0 Å². The topological polar surface area (TPSA) is 114 Å². The first-order valence-electron chi connectivity index (χ1n) is 11.7. The number of aliphatic imine (C=N–C) groups is 1.